The van der Waals surface area contributed by atoms with Crippen LogP contribution in [0.15, 0.2) is 101 Å². The number of thioether (sulfide) groups is 1. The van der Waals surface area contributed by atoms with Crippen LogP contribution >= 0.6 is 23.1 Å². The molecule has 5 aromatic rings. The van der Waals surface area contributed by atoms with Gasteiger partial charge in [0.1, 0.15) is 11.6 Å². The number of nitrogens with one attached hydrogen (secondary N) is 2. The predicted molar refractivity (Wildman–Crippen MR) is 182 cm³/mol. The molecule has 9 rings (SSSR count). The van der Waals surface area contributed by atoms with Gasteiger partial charge in [-0.05, 0) is 89.0 Å². The minimum Gasteiger partial charge on any atom is -0.484 e. The Hall–Kier alpha value is -4.74. The lowest BCUT2D eigenvalue weighted by Gasteiger charge is -2.43. The van der Waals surface area contributed by atoms with Gasteiger partial charge in [0.05, 0.1) is 22.5 Å². The number of carbonyl (C=O) groups excluding carboxylic acids is 3. The molecule has 4 unspecified atom stereocenters. The number of amides is 3. The van der Waals surface area contributed by atoms with Gasteiger partial charge in [-0.15, -0.1) is 11.8 Å². The molecule has 7 atom stereocenters. The molecule has 2 aliphatic heterocycles. The van der Waals surface area contributed by atoms with Crippen LogP contribution in [-0.2, 0) is 14.4 Å². The standard InChI is InChI=1S/C37H28FN3O5S2/c38-21-8-11-23(12-9-21)41-35(43)30-25-16-26(31(30)36(41)44)32-29(25)28(33-34(47-32)40-37(45)48-33)19-6-13-24(14-7-19)46-17-27(42)39-22-10-5-18-3-1-2-4-20(18)15-22/h1-15,25-26,28-32H,16-17H2,(H,39,42)(H,40,45)/t25-,26-,28-,29?,30?,31?,32?/m1/s1. The first-order valence-electron chi connectivity index (χ1n) is 15.9. The maximum absolute atomic E-state index is 13.9. The molecule has 4 aromatic carbocycles. The lowest BCUT2D eigenvalue weighted by Crippen LogP contribution is -2.42. The first-order chi connectivity index (χ1) is 23.3. The number of H-pyrrole nitrogens is 1. The second-order valence-corrected chi connectivity index (χ2v) is 15.1. The lowest BCUT2D eigenvalue weighted by atomic mass is 9.68. The van der Waals surface area contributed by atoms with Crippen LogP contribution in [0.3, 0.4) is 0 Å². The minimum absolute atomic E-state index is 0.0142. The third-order valence-electron chi connectivity index (χ3n) is 10.5. The Labute approximate surface area is 282 Å². The van der Waals surface area contributed by atoms with Gasteiger partial charge in [-0.1, -0.05) is 53.8 Å². The minimum atomic E-state index is -0.446. The van der Waals surface area contributed by atoms with E-state index < -0.39 is 17.7 Å². The summed E-state index contributed by atoms with van der Waals surface area (Å²) < 4.78 is 19.5. The number of aromatic nitrogens is 1. The number of imide groups is 1. The molecule has 11 heteroatoms. The van der Waals surface area contributed by atoms with Crippen molar-refractivity contribution >= 4 is 63.0 Å². The second kappa shape index (κ2) is 11.2. The molecular formula is C37H28FN3O5S2. The molecule has 0 spiro atoms. The second-order valence-electron chi connectivity index (χ2n) is 12.9. The number of fused-ring (bicyclic) bond motifs is 10. The number of hydrogen-bond donors (Lipinski definition) is 2. The zero-order valence-electron chi connectivity index (χ0n) is 25.3. The average molecular weight is 678 g/mol. The number of thiazole rings is 1. The normalized spacial score (nSPS) is 26.8. The third-order valence-corrected chi connectivity index (χ3v) is 13.0. The zero-order chi connectivity index (χ0) is 32.7. The quantitative estimate of drug-likeness (QED) is 0.201. The van der Waals surface area contributed by atoms with Crippen molar-refractivity contribution in [2.75, 3.05) is 16.8 Å². The number of rotatable bonds is 6. The maximum atomic E-state index is 13.9. The number of benzene rings is 4. The molecule has 48 heavy (non-hydrogen) atoms. The van der Waals surface area contributed by atoms with Gasteiger partial charge in [-0.3, -0.25) is 24.1 Å². The molecule has 8 nitrogen and oxygen atoms in total. The Bertz CT molecular complexity index is 2180. The fourth-order valence-corrected chi connectivity index (χ4v) is 11.5. The molecule has 3 heterocycles. The molecule has 1 saturated heterocycles. The highest BCUT2D eigenvalue weighted by Gasteiger charge is 2.69. The number of anilines is 2. The van der Waals surface area contributed by atoms with Crippen LogP contribution < -0.4 is 19.8 Å². The summed E-state index contributed by atoms with van der Waals surface area (Å²) in [6.07, 6.45) is 0.773. The van der Waals surface area contributed by atoms with Crippen molar-refractivity contribution in [3.05, 3.63) is 117 Å². The van der Waals surface area contributed by atoms with E-state index in [4.69, 9.17) is 4.74 Å². The highest BCUT2D eigenvalue weighted by molar-refractivity contribution is 8.00. The van der Waals surface area contributed by atoms with Crippen LogP contribution in [0, 0.1) is 35.4 Å². The average Bonchev–Trinajstić information content (AvgIpc) is 3.83. The third kappa shape index (κ3) is 4.62. The van der Waals surface area contributed by atoms with E-state index in [0.717, 1.165) is 32.7 Å². The van der Waals surface area contributed by atoms with E-state index in [9.17, 15) is 23.6 Å². The molecule has 0 radical (unpaired) electrons. The van der Waals surface area contributed by atoms with Crippen molar-refractivity contribution in [3.63, 3.8) is 0 Å². The smallest absolute Gasteiger partial charge is 0.305 e. The number of ether oxygens (including phenoxy) is 1. The molecule has 240 valence electrons. The highest BCUT2D eigenvalue weighted by Crippen LogP contribution is 2.68. The molecule has 4 aliphatic rings. The Morgan fingerprint density at radius 2 is 1.62 bits per heavy atom. The van der Waals surface area contributed by atoms with Crippen LogP contribution in [0.5, 0.6) is 5.75 Å². The first-order valence-corrected chi connectivity index (χ1v) is 17.6. The fraction of sp³-hybridized carbons (Fsp3) is 0.243. The van der Waals surface area contributed by atoms with Gasteiger partial charge in [0.2, 0.25) is 11.8 Å². The van der Waals surface area contributed by atoms with Gasteiger partial charge in [-0.2, -0.15) is 0 Å². The molecule has 2 bridgehead atoms. The van der Waals surface area contributed by atoms with Gasteiger partial charge in [0.15, 0.2) is 6.61 Å². The zero-order valence-corrected chi connectivity index (χ0v) is 26.9. The molecule has 3 fully saturated rings. The summed E-state index contributed by atoms with van der Waals surface area (Å²) in [6.45, 7) is -0.159. The fourth-order valence-electron chi connectivity index (χ4n) is 8.62. The van der Waals surface area contributed by atoms with E-state index >= 15 is 0 Å². The molecular weight excluding hydrogens is 650 g/mol. The summed E-state index contributed by atoms with van der Waals surface area (Å²) in [7, 11) is 0. The van der Waals surface area contributed by atoms with E-state index in [0.29, 0.717) is 17.1 Å². The van der Waals surface area contributed by atoms with Crippen LogP contribution in [0.4, 0.5) is 15.8 Å². The Morgan fingerprint density at radius 3 is 2.40 bits per heavy atom. The number of nitrogens with zero attached hydrogens (tertiary/aromatic N) is 1. The van der Waals surface area contributed by atoms with E-state index in [-0.39, 0.29) is 58.1 Å². The van der Waals surface area contributed by atoms with Gasteiger partial charge >= 0.3 is 4.87 Å². The summed E-state index contributed by atoms with van der Waals surface area (Å²) in [6, 6.07) is 26.8. The van der Waals surface area contributed by atoms with E-state index in [1.807, 2.05) is 66.7 Å². The van der Waals surface area contributed by atoms with Crippen LogP contribution in [0.25, 0.3) is 10.8 Å². The van der Waals surface area contributed by atoms with Crippen molar-refractivity contribution in [1.29, 1.82) is 0 Å². The molecule has 2 aliphatic carbocycles. The SMILES string of the molecule is O=C(COc1ccc([C@H]2c3sc(=O)[nH]c3SC3C2[C@H]2C[C@@H]3C3C(=O)N(c4ccc(F)cc4)C(=O)C32)cc1)Nc1ccc2ccccc2c1. The summed E-state index contributed by atoms with van der Waals surface area (Å²) in [5, 5.41) is 5.90. The van der Waals surface area contributed by atoms with E-state index in [1.54, 1.807) is 11.8 Å². The number of hydrogen-bond acceptors (Lipinski definition) is 7. The van der Waals surface area contributed by atoms with E-state index in [2.05, 4.69) is 10.3 Å². The summed E-state index contributed by atoms with van der Waals surface area (Å²) in [5.74, 6) is -1.61. The van der Waals surface area contributed by atoms with Crippen molar-refractivity contribution in [1.82, 2.24) is 4.98 Å². The number of carbonyl (C=O) groups is 3. The van der Waals surface area contributed by atoms with Crippen LogP contribution in [0.2, 0.25) is 0 Å². The van der Waals surface area contributed by atoms with Gasteiger partial charge in [0, 0.05) is 21.7 Å². The summed E-state index contributed by atoms with van der Waals surface area (Å²) >= 11 is 2.83. The monoisotopic (exact) mass is 677 g/mol. The first kappa shape index (κ1) is 29.4. The highest BCUT2D eigenvalue weighted by atomic mass is 32.2. The Morgan fingerprint density at radius 1 is 0.896 bits per heavy atom. The molecule has 2 saturated carbocycles. The summed E-state index contributed by atoms with van der Waals surface area (Å²) in [5.41, 5.74) is 2.09. The topological polar surface area (TPSA) is 109 Å². The van der Waals surface area contributed by atoms with E-state index in [1.165, 1.54) is 40.5 Å². The van der Waals surface area contributed by atoms with Gasteiger partial charge < -0.3 is 15.0 Å². The maximum Gasteiger partial charge on any atom is 0.305 e. The number of aromatic amines is 1. The predicted octanol–water partition coefficient (Wildman–Crippen LogP) is 6.42. The van der Waals surface area contributed by atoms with Gasteiger partial charge in [0.25, 0.3) is 5.91 Å². The van der Waals surface area contributed by atoms with Crippen LogP contribution in [-0.4, -0.2) is 34.6 Å². The van der Waals surface area contributed by atoms with Crippen molar-refractivity contribution in [2.24, 2.45) is 29.6 Å². The molecule has 1 aromatic heterocycles. The molecule has 2 N–H and O–H groups in total. The Kier molecular flexibility index (Phi) is 6.84. The van der Waals surface area contributed by atoms with Crippen molar-refractivity contribution in [2.45, 2.75) is 22.6 Å². The Balaban J connectivity index is 0.955. The lowest BCUT2D eigenvalue weighted by molar-refractivity contribution is -0.123. The largest absolute Gasteiger partial charge is 0.484 e. The summed E-state index contributed by atoms with van der Waals surface area (Å²) in [4.78, 5) is 58.0. The number of halogens is 1. The van der Waals surface area contributed by atoms with Crippen molar-refractivity contribution in [3.8, 4) is 5.75 Å². The van der Waals surface area contributed by atoms with Crippen molar-refractivity contribution < 1.29 is 23.5 Å². The van der Waals surface area contributed by atoms with Crippen LogP contribution in [0.1, 0.15) is 22.8 Å². The van der Waals surface area contributed by atoms with Gasteiger partial charge in [-0.25, -0.2) is 4.39 Å². The molecule has 3 amide bonds.